The molecule has 1 rings (SSSR count). The molecule has 0 aliphatic heterocycles. The molecule has 0 fully saturated rings. The van der Waals surface area contributed by atoms with Crippen molar-refractivity contribution in [3.63, 3.8) is 0 Å². The van der Waals surface area contributed by atoms with Crippen LogP contribution in [-0.4, -0.2) is 9.97 Å². The maximum Gasteiger partial charge on any atom is 0.0883 e. The minimum atomic E-state index is 0.915. The third-order valence-electron chi connectivity index (χ3n) is 1.48. The first-order chi connectivity index (χ1) is 5.88. The van der Waals surface area contributed by atoms with Crippen LogP contribution >= 0.6 is 0 Å². The molecule has 2 nitrogen and oxygen atoms in total. The van der Waals surface area contributed by atoms with E-state index in [-0.39, 0.29) is 0 Å². The van der Waals surface area contributed by atoms with Gasteiger partial charge in [0.05, 0.1) is 10.7 Å². The zero-order chi connectivity index (χ0) is 8.81. The van der Waals surface area contributed by atoms with Gasteiger partial charge in [0.1, 0.15) is 0 Å². The average Bonchev–Trinajstić information content (AvgIpc) is 2.15. The average molecular weight is 160 g/mol. The molecule has 1 aromatic heterocycles. The van der Waals surface area contributed by atoms with Gasteiger partial charge in [0.15, 0.2) is 0 Å². The van der Waals surface area contributed by atoms with Crippen LogP contribution in [0.1, 0.15) is 13.8 Å². The Morgan fingerprint density at radius 1 is 1.08 bits per heavy atom. The van der Waals surface area contributed by atoms with Gasteiger partial charge in [0.25, 0.3) is 0 Å². The van der Waals surface area contributed by atoms with Crippen LogP contribution in [0.25, 0.3) is 12.2 Å². The van der Waals surface area contributed by atoms with Crippen LogP contribution in [-0.2, 0) is 0 Å². The summed E-state index contributed by atoms with van der Waals surface area (Å²) in [5, 5.41) is 1.84. The van der Waals surface area contributed by atoms with Crippen molar-refractivity contribution in [3.8, 4) is 0 Å². The Kier molecular flexibility index (Phi) is 3.20. The number of hydrogen-bond acceptors (Lipinski definition) is 2. The minimum Gasteiger partial charge on any atom is -0.253 e. The standard InChI is InChI=1S/C10H12N2/c1-3-5-6-10-9(4-2)11-7-8-12-10/h3-8H,1-2H3/b5-3-,9-4+,10-6+. The molecule has 0 atom stereocenters. The van der Waals surface area contributed by atoms with Gasteiger partial charge in [-0.1, -0.05) is 18.2 Å². The van der Waals surface area contributed by atoms with E-state index >= 15 is 0 Å². The molecule has 0 bridgehead atoms. The Bertz CT molecular complexity index is 377. The SMILES string of the molecule is C\C=C/C=c1/nccn/c1=C/C. The Balaban J connectivity index is 3.33. The van der Waals surface area contributed by atoms with Crippen LogP contribution in [0.4, 0.5) is 0 Å². The topological polar surface area (TPSA) is 25.8 Å². The molecule has 0 saturated heterocycles. The third-order valence-corrected chi connectivity index (χ3v) is 1.48. The normalized spacial score (nSPS) is 14.5. The second-order valence-electron chi connectivity index (χ2n) is 2.31. The number of rotatable bonds is 1. The van der Waals surface area contributed by atoms with E-state index in [4.69, 9.17) is 0 Å². The molecule has 0 radical (unpaired) electrons. The molecule has 0 amide bonds. The summed E-state index contributed by atoms with van der Waals surface area (Å²) in [7, 11) is 0. The molecule has 0 spiro atoms. The van der Waals surface area contributed by atoms with Crippen molar-refractivity contribution in [1.29, 1.82) is 0 Å². The Morgan fingerprint density at radius 2 is 1.75 bits per heavy atom. The van der Waals surface area contributed by atoms with Gasteiger partial charge in [-0.05, 0) is 19.9 Å². The molecule has 0 unspecified atom stereocenters. The Labute approximate surface area is 72.0 Å². The first-order valence-electron chi connectivity index (χ1n) is 3.95. The van der Waals surface area contributed by atoms with Gasteiger partial charge < -0.3 is 0 Å². The van der Waals surface area contributed by atoms with E-state index < -0.39 is 0 Å². The van der Waals surface area contributed by atoms with Crippen molar-refractivity contribution in [2.75, 3.05) is 0 Å². The quantitative estimate of drug-likeness (QED) is 0.602. The highest BCUT2D eigenvalue weighted by Crippen LogP contribution is 1.69. The van der Waals surface area contributed by atoms with Gasteiger partial charge in [0, 0.05) is 12.4 Å². The first kappa shape index (κ1) is 8.65. The molecule has 0 aliphatic carbocycles. The van der Waals surface area contributed by atoms with Crippen LogP contribution < -0.4 is 10.7 Å². The molecule has 1 aromatic rings. The summed E-state index contributed by atoms with van der Waals surface area (Å²) in [6, 6.07) is 0. The van der Waals surface area contributed by atoms with E-state index in [0.717, 1.165) is 10.7 Å². The highest BCUT2D eigenvalue weighted by molar-refractivity contribution is 5.34. The highest BCUT2D eigenvalue weighted by Gasteiger charge is 1.81. The summed E-state index contributed by atoms with van der Waals surface area (Å²) in [4.78, 5) is 8.35. The monoisotopic (exact) mass is 160 g/mol. The van der Waals surface area contributed by atoms with Gasteiger partial charge in [-0.15, -0.1) is 0 Å². The smallest absolute Gasteiger partial charge is 0.0883 e. The molecule has 2 heteroatoms. The summed E-state index contributed by atoms with van der Waals surface area (Å²) >= 11 is 0. The fourth-order valence-corrected chi connectivity index (χ4v) is 0.898. The lowest BCUT2D eigenvalue weighted by Crippen LogP contribution is -2.29. The second kappa shape index (κ2) is 4.44. The molecule has 0 saturated carbocycles. The highest BCUT2D eigenvalue weighted by atomic mass is 14.7. The molecule has 0 N–H and O–H groups in total. The predicted octanol–water partition coefficient (Wildman–Crippen LogP) is 0.634. The molecule has 62 valence electrons. The largest absolute Gasteiger partial charge is 0.253 e. The Morgan fingerprint density at radius 3 is 2.33 bits per heavy atom. The second-order valence-corrected chi connectivity index (χ2v) is 2.31. The fourth-order valence-electron chi connectivity index (χ4n) is 0.898. The predicted molar refractivity (Wildman–Crippen MR) is 50.7 cm³/mol. The summed E-state index contributed by atoms with van der Waals surface area (Å²) in [6.07, 6.45) is 11.2. The zero-order valence-corrected chi connectivity index (χ0v) is 7.36. The van der Waals surface area contributed by atoms with Crippen LogP contribution in [0.3, 0.4) is 0 Å². The van der Waals surface area contributed by atoms with Crippen molar-refractivity contribution in [3.05, 3.63) is 35.2 Å². The molecular formula is C10H12N2. The lowest BCUT2D eigenvalue weighted by Gasteiger charge is -1.85. The van der Waals surface area contributed by atoms with E-state index in [1.165, 1.54) is 0 Å². The summed E-state index contributed by atoms with van der Waals surface area (Å²) in [5.41, 5.74) is 0. The van der Waals surface area contributed by atoms with Crippen LogP contribution in [0.5, 0.6) is 0 Å². The van der Waals surface area contributed by atoms with Crippen LogP contribution in [0.2, 0.25) is 0 Å². The lowest BCUT2D eigenvalue weighted by molar-refractivity contribution is 1.09. The number of nitrogens with zero attached hydrogens (tertiary/aromatic N) is 2. The van der Waals surface area contributed by atoms with E-state index in [1.807, 2.05) is 38.2 Å². The maximum atomic E-state index is 4.19. The maximum absolute atomic E-state index is 4.19. The first-order valence-corrected chi connectivity index (χ1v) is 3.95. The van der Waals surface area contributed by atoms with Crippen molar-refractivity contribution in [2.24, 2.45) is 0 Å². The van der Waals surface area contributed by atoms with E-state index in [1.54, 1.807) is 12.4 Å². The van der Waals surface area contributed by atoms with E-state index in [9.17, 15) is 0 Å². The molecule has 12 heavy (non-hydrogen) atoms. The van der Waals surface area contributed by atoms with Crippen molar-refractivity contribution in [2.45, 2.75) is 13.8 Å². The molecule has 0 aromatic carbocycles. The summed E-state index contributed by atoms with van der Waals surface area (Å²) < 4.78 is 0. The van der Waals surface area contributed by atoms with E-state index in [2.05, 4.69) is 9.97 Å². The van der Waals surface area contributed by atoms with Gasteiger partial charge >= 0.3 is 0 Å². The van der Waals surface area contributed by atoms with Gasteiger partial charge in [-0.2, -0.15) is 0 Å². The Hall–Kier alpha value is -1.44. The number of aromatic nitrogens is 2. The van der Waals surface area contributed by atoms with Crippen molar-refractivity contribution >= 4 is 12.2 Å². The van der Waals surface area contributed by atoms with Crippen LogP contribution in [0.15, 0.2) is 24.5 Å². The van der Waals surface area contributed by atoms with E-state index in [0.29, 0.717) is 0 Å². The lowest BCUT2D eigenvalue weighted by atomic mass is 10.4. The van der Waals surface area contributed by atoms with Crippen molar-refractivity contribution < 1.29 is 0 Å². The van der Waals surface area contributed by atoms with Gasteiger partial charge in [0.2, 0.25) is 0 Å². The van der Waals surface area contributed by atoms with Gasteiger partial charge in [-0.3, -0.25) is 9.97 Å². The summed E-state index contributed by atoms with van der Waals surface area (Å²) in [5.74, 6) is 0. The number of allylic oxidation sites excluding steroid dienone is 2. The summed E-state index contributed by atoms with van der Waals surface area (Å²) in [6.45, 7) is 3.93. The third kappa shape index (κ3) is 2.02. The zero-order valence-electron chi connectivity index (χ0n) is 7.36. The van der Waals surface area contributed by atoms with Crippen molar-refractivity contribution in [1.82, 2.24) is 9.97 Å². The minimum absolute atomic E-state index is 0.915. The molecule has 1 heterocycles. The van der Waals surface area contributed by atoms with Gasteiger partial charge in [-0.25, -0.2) is 0 Å². The fraction of sp³-hybridized carbons (Fsp3) is 0.200. The van der Waals surface area contributed by atoms with Crippen LogP contribution in [0, 0.1) is 0 Å². The molecular weight excluding hydrogens is 148 g/mol. The molecule has 0 aliphatic rings. The number of hydrogen-bond donors (Lipinski definition) is 0.